The molecule has 1 heterocycles. The van der Waals surface area contributed by atoms with E-state index in [-0.39, 0.29) is 11.6 Å². The first kappa shape index (κ1) is 17.8. The fraction of sp³-hybridized carbons (Fsp3) is 0.353. The van der Waals surface area contributed by atoms with Gasteiger partial charge in [-0.05, 0) is 30.5 Å². The van der Waals surface area contributed by atoms with Gasteiger partial charge in [0.05, 0.1) is 10.0 Å². The third-order valence-corrected chi connectivity index (χ3v) is 4.97. The second-order valence-electron chi connectivity index (χ2n) is 6.05. The third kappa shape index (κ3) is 4.32. The molecule has 1 aromatic heterocycles. The van der Waals surface area contributed by atoms with Crippen LogP contribution in [0.25, 0.3) is 0 Å². The Bertz CT molecular complexity index is 830. The van der Waals surface area contributed by atoms with Crippen molar-refractivity contribution in [3.05, 3.63) is 49.9 Å². The zero-order chi connectivity index (χ0) is 17.8. The zero-order valence-electron chi connectivity index (χ0n) is 13.5. The summed E-state index contributed by atoms with van der Waals surface area (Å²) in [6.07, 6.45) is 5.48. The highest BCUT2D eigenvalue weighted by molar-refractivity contribution is 6.42. The van der Waals surface area contributed by atoms with E-state index in [1.165, 1.54) is 0 Å². The van der Waals surface area contributed by atoms with Crippen LogP contribution in [0.4, 0.5) is 11.6 Å². The van der Waals surface area contributed by atoms with E-state index in [0.29, 0.717) is 33.9 Å². The highest BCUT2D eigenvalue weighted by Gasteiger charge is 2.18. The average Bonchev–Trinajstić information content (AvgIpc) is 3.11. The highest BCUT2D eigenvalue weighted by Crippen LogP contribution is 2.23. The van der Waals surface area contributed by atoms with E-state index in [1.54, 1.807) is 12.1 Å². The zero-order valence-corrected chi connectivity index (χ0v) is 15.0. The summed E-state index contributed by atoms with van der Waals surface area (Å²) in [7, 11) is 0. The van der Waals surface area contributed by atoms with Crippen molar-refractivity contribution in [2.75, 3.05) is 10.6 Å². The van der Waals surface area contributed by atoms with Crippen molar-refractivity contribution in [2.45, 2.75) is 38.3 Å². The normalized spacial score (nSPS) is 14.5. The van der Waals surface area contributed by atoms with Crippen LogP contribution >= 0.6 is 23.2 Å². The van der Waals surface area contributed by atoms with Crippen LogP contribution in [-0.4, -0.2) is 22.2 Å². The highest BCUT2D eigenvalue weighted by atomic mass is 35.5. The van der Waals surface area contributed by atoms with Gasteiger partial charge in [0.25, 0.3) is 5.56 Å². The molecule has 1 fully saturated rings. The Labute approximate surface area is 155 Å². The maximum absolute atomic E-state index is 12.4. The Morgan fingerprint density at radius 2 is 2.04 bits per heavy atom. The number of hydrogen-bond acceptors (Lipinski definition) is 5. The molecule has 0 bridgehead atoms. The lowest BCUT2D eigenvalue weighted by atomic mass is 10.2. The van der Waals surface area contributed by atoms with Gasteiger partial charge in [-0.2, -0.15) is 0 Å². The molecule has 0 radical (unpaired) electrons. The summed E-state index contributed by atoms with van der Waals surface area (Å²) in [6, 6.07) is 5.58. The summed E-state index contributed by atoms with van der Waals surface area (Å²) < 4.78 is 0. The van der Waals surface area contributed by atoms with Crippen LogP contribution in [0.3, 0.4) is 0 Å². The van der Waals surface area contributed by atoms with Crippen LogP contribution in [0.5, 0.6) is 0 Å². The molecule has 1 aliphatic rings. The molecule has 0 amide bonds. The number of H-pyrrole nitrogens is 1. The molecule has 132 valence electrons. The van der Waals surface area contributed by atoms with E-state index in [0.717, 1.165) is 37.5 Å². The van der Waals surface area contributed by atoms with Gasteiger partial charge in [-0.1, -0.05) is 42.1 Å². The molecule has 1 aromatic carbocycles. The Morgan fingerprint density at radius 3 is 2.72 bits per heavy atom. The van der Waals surface area contributed by atoms with Gasteiger partial charge in [0.15, 0.2) is 0 Å². The lowest BCUT2D eigenvalue weighted by molar-refractivity contribution is 0.751. The Morgan fingerprint density at radius 1 is 1.28 bits per heavy atom. The number of nitrogens with zero attached hydrogens (tertiary/aromatic N) is 1. The van der Waals surface area contributed by atoms with E-state index < -0.39 is 0 Å². The molecule has 1 aliphatic carbocycles. The molecule has 25 heavy (non-hydrogen) atoms. The minimum absolute atomic E-state index is 0.275. The standard InChI is InChI=1S/C17H19Cl2N5O/c18-12-6-5-10(7-13(12)19)9-21-17-23-14(8-20)15(16(25)24-17)22-11-3-1-2-4-11/h5-8,11,20,22H,1-4,9H2,(H2,21,23,24,25). The van der Waals surface area contributed by atoms with Gasteiger partial charge in [0.1, 0.15) is 11.4 Å². The van der Waals surface area contributed by atoms with Crippen molar-refractivity contribution >= 4 is 41.1 Å². The number of nitrogens with one attached hydrogen (secondary N) is 4. The Balaban J connectivity index is 1.75. The number of aromatic amines is 1. The molecule has 6 nitrogen and oxygen atoms in total. The van der Waals surface area contributed by atoms with E-state index in [9.17, 15) is 4.79 Å². The average molecular weight is 380 g/mol. The summed E-state index contributed by atoms with van der Waals surface area (Å²) in [5.41, 5.74) is 1.31. The number of hydrogen-bond donors (Lipinski definition) is 4. The molecule has 1 saturated carbocycles. The number of anilines is 2. The molecular weight excluding hydrogens is 361 g/mol. The van der Waals surface area contributed by atoms with Crippen LogP contribution < -0.4 is 16.2 Å². The second-order valence-corrected chi connectivity index (χ2v) is 6.86. The second kappa shape index (κ2) is 7.89. The Hall–Kier alpha value is -2.05. The first-order valence-corrected chi connectivity index (χ1v) is 8.91. The first-order chi connectivity index (χ1) is 12.1. The van der Waals surface area contributed by atoms with Crippen molar-refractivity contribution in [3.8, 4) is 0 Å². The molecule has 0 aliphatic heterocycles. The maximum Gasteiger partial charge on any atom is 0.276 e. The minimum Gasteiger partial charge on any atom is -0.376 e. The van der Waals surface area contributed by atoms with Gasteiger partial charge in [-0.25, -0.2) is 4.98 Å². The summed E-state index contributed by atoms with van der Waals surface area (Å²) in [4.78, 5) is 19.4. The number of halogens is 2. The van der Waals surface area contributed by atoms with Crippen molar-refractivity contribution in [3.63, 3.8) is 0 Å². The van der Waals surface area contributed by atoms with Gasteiger partial charge in [-0.3, -0.25) is 9.78 Å². The van der Waals surface area contributed by atoms with Gasteiger partial charge >= 0.3 is 0 Å². The van der Waals surface area contributed by atoms with Crippen molar-refractivity contribution < 1.29 is 0 Å². The topological polar surface area (TPSA) is 93.7 Å². The number of aromatic nitrogens is 2. The van der Waals surface area contributed by atoms with Crippen molar-refractivity contribution in [1.82, 2.24) is 9.97 Å². The fourth-order valence-electron chi connectivity index (χ4n) is 2.93. The molecule has 4 N–H and O–H groups in total. The monoisotopic (exact) mass is 379 g/mol. The van der Waals surface area contributed by atoms with Crippen molar-refractivity contribution in [2.24, 2.45) is 0 Å². The lowest BCUT2D eigenvalue weighted by Gasteiger charge is -2.15. The first-order valence-electron chi connectivity index (χ1n) is 8.16. The summed E-state index contributed by atoms with van der Waals surface area (Å²) in [5.74, 6) is 0.312. The molecule has 3 rings (SSSR count). The van der Waals surface area contributed by atoms with Crippen LogP contribution in [0.1, 0.15) is 36.9 Å². The molecule has 2 aromatic rings. The van der Waals surface area contributed by atoms with E-state index >= 15 is 0 Å². The minimum atomic E-state index is -0.281. The number of benzene rings is 1. The molecule has 8 heteroatoms. The third-order valence-electron chi connectivity index (χ3n) is 4.23. The van der Waals surface area contributed by atoms with Crippen LogP contribution in [0.15, 0.2) is 23.0 Å². The largest absolute Gasteiger partial charge is 0.376 e. The van der Waals surface area contributed by atoms with Gasteiger partial charge < -0.3 is 16.0 Å². The van der Waals surface area contributed by atoms with Gasteiger partial charge in [0, 0.05) is 18.8 Å². The fourth-order valence-corrected chi connectivity index (χ4v) is 3.25. The Kier molecular flexibility index (Phi) is 5.60. The van der Waals surface area contributed by atoms with Crippen molar-refractivity contribution in [1.29, 1.82) is 5.41 Å². The molecule has 0 spiro atoms. The van der Waals surface area contributed by atoms with Crippen LogP contribution in [0.2, 0.25) is 10.0 Å². The predicted molar refractivity (Wildman–Crippen MR) is 102 cm³/mol. The number of rotatable bonds is 6. The molecule has 0 saturated heterocycles. The molecule has 0 unspecified atom stereocenters. The molecular formula is C17H19Cl2N5O. The quantitative estimate of drug-likeness (QED) is 0.569. The van der Waals surface area contributed by atoms with Crippen LogP contribution in [0, 0.1) is 5.41 Å². The van der Waals surface area contributed by atoms with Gasteiger partial charge in [-0.15, -0.1) is 0 Å². The van der Waals surface area contributed by atoms with E-state index in [4.69, 9.17) is 28.6 Å². The summed E-state index contributed by atoms with van der Waals surface area (Å²) >= 11 is 11.9. The smallest absolute Gasteiger partial charge is 0.276 e. The maximum atomic E-state index is 12.4. The predicted octanol–water partition coefficient (Wildman–Crippen LogP) is 4.04. The van der Waals surface area contributed by atoms with E-state index in [1.807, 2.05) is 6.07 Å². The van der Waals surface area contributed by atoms with E-state index in [2.05, 4.69) is 20.6 Å². The summed E-state index contributed by atoms with van der Waals surface area (Å²) in [5, 5.41) is 14.8. The molecule has 0 atom stereocenters. The SMILES string of the molecule is N=Cc1nc(NCc2ccc(Cl)c(Cl)c2)[nH]c(=O)c1NC1CCCC1. The van der Waals surface area contributed by atoms with Gasteiger partial charge in [0.2, 0.25) is 5.95 Å². The summed E-state index contributed by atoms with van der Waals surface area (Å²) in [6.45, 7) is 0.423. The van der Waals surface area contributed by atoms with Crippen LogP contribution in [-0.2, 0) is 6.54 Å². The lowest BCUT2D eigenvalue weighted by Crippen LogP contribution is -2.25.